The highest BCUT2D eigenvalue weighted by Gasteiger charge is 2.22. The smallest absolute Gasteiger partial charge is 0.346 e. The third-order valence-electron chi connectivity index (χ3n) is 2.00. The number of nitrogens with zero attached hydrogens (tertiary/aromatic N) is 1. The fourth-order valence-corrected chi connectivity index (χ4v) is 1.40. The Labute approximate surface area is 85.3 Å². The summed E-state index contributed by atoms with van der Waals surface area (Å²) in [6.07, 6.45) is 0.267. The normalized spacial score (nSPS) is 10.5. The number of aromatic nitrogens is 3. The fourth-order valence-electron chi connectivity index (χ4n) is 1.40. The summed E-state index contributed by atoms with van der Waals surface area (Å²) in [7, 11) is 0. The lowest BCUT2D eigenvalue weighted by molar-refractivity contribution is -0.387. The monoisotopic (exact) mass is 224 g/mol. The second-order valence-corrected chi connectivity index (χ2v) is 2.92. The number of rotatable bonds is 2. The molecule has 0 amide bonds. The quantitative estimate of drug-likeness (QED) is 0.350. The van der Waals surface area contributed by atoms with Gasteiger partial charge < -0.3 is 10.1 Å². The van der Waals surface area contributed by atoms with E-state index in [0.717, 1.165) is 0 Å². The second-order valence-electron chi connectivity index (χ2n) is 2.92. The van der Waals surface area contributed by atoms with E-state index in [0.29, 0.717) is 0 Å². The van der Waals surface area contributed by atoms with E-state index in [1.807, 2.05) is 4.98 Å². The minimum absolute atomic E-state index is 0.235. The molecule has 0 unspecified atom stereocenters. The van der Waals surface area contributed by atoms with Gasteiger partial charge in [-0.1, -0.05) is 0 Å². The lowest BCUT2D eigenvalue weighted by Crippen LogP contribution is -2.21. The van der Waals surface area contributed by atoms with Crippen molar-refractivity contribution in [1.29, 1.82) is 0 Å². The summed E-state index contributed by atoms with van der Waals surface area (Å²) in [5, 5.41) is 10.4. The molecule has 0 fully saturated rings. The van der Waals surface area contributed by atoms with Crippen LogP contribution >= 0.6 is 0 Å². The standard InChI is InChI=1S/C7H4N4O5/c12-1-2-3-4(5(8-2)11(15)16)9-7(14)10-6(3)13/h1,8H,(H2,9,10,13,14). The number of H-pyrrole nitrogens is 3. The highest BCUT2D eigenvalue weighted by atomic mass is 16.6. The van der Waals surface area contributed by atoms with E-state index < -0.39 is 22.0 Å². The van der Waals surface area contributed by atoms with Crippen LogP contribution in [0.4, 0.5) is 5.82 Å². The van der Waals surface area contributed by atoms with E-state index >= 15 is 0 Å². The van der Waals surface area contributed by atoms with Gasteiger partial charge in [0.1, 0.15) is 5.39 Å². The largest absolute Gasteiger partial charge is 0.358 e. The van der Waals surface area contributed by atoms with Crippen LogP contribution in [0.5, 0.6) is 0 Å². The lowest BCUT2D eigenvalue weighted by atomic mass is 10.3. The zero-order chi connectivity index (χ0) is 11.9. The van der Waals surface area contributed by atoms with Crippen LogP contribution in [0.2, 0.25) is 0 Å². The number of aldehydes is 1. The van der Waals surface area contributed by atoms with Crippen LogP contribution in [0.15, 0.2) is 9.59 Å². The Morgan fingerprint density at radius 1 is 1.19 bits per heavy atom. The Balaban J connectivity index is 3.08. The Morgan fingerprint density at radius 2 is 1.88 bits per heavy atom. The van der Waals surface area contributed by atoms with Crippen molar-refractivity contribution in [2.24, 2.45) is 0 Å². The van der Waals surface area contributed by atoms with Crippen LogP contribution in [0.1, 0.15) is 10.5 Å². The zero-order valence-corrected chi connectivity index (χ0v) is 7.57. The molecular weight excluding hydrogens is 220 g/mol. The molecule has 0 aliphatic rings. The highest BCUT2D eigenvalue weighted by Crippen LogP contribution is 2.21. The lowest BCUT2D eigenvalue weighted by Gasteiger charge is -1.90. The molecule has 0 radical (unpaired) electrons. The van der Waals surface area contributed by atoms with E-state index in [1.165, 1.54) is 0 Å². The number of hydrogen-bond donors (Lipinski definition) is 3. The molecule has 9 heteroatoms. The predicted molar refractivity (Wildman–Crippen MR) is 51.6 cm³/mol. The minimum atomic E-state index is -0.878. The molecule has 2 rings (SSSR count). The van der Waals surface area contributed by atoms with E-state index in [2.05, 4.69) is 9.97 Å². The first kappa shape index (κ1) is 9.83. The van der Waals surface area contributed by atoms with Crippen LogP contribution < -0.4 is 11.2 Å². The number of fused-ring (bicyclic) bond motifs is 1. The molecule has 0 aliphatic carbocycles. The first-order chi connectivity index (χ1) is 7.54. The number of carbonyl (C=O) groups excluding carboxylic acids is 1. The molecule has 16 heavy (non-hydrogen) atoms. The summed E-state index contributed by atoms with van der Waals surface area (Å²) < 4.78 is 0. The SMILES string of the molecule is O=Cc1[nH]c([N+](=O)[O-])c2[nH]c(=O)[nH]c(=O)c12. The molecule has 82 valence electrons. The van der Waals surface area contributed by atoms with Gasteiger partial charge in [-0.25, -0.2) is 9.78 Å². The van der Waals surface area contributed by atoms with Gasteiger partial charge in [0.15, 0.2) is 17.5 Å². The van der Waals surface area contributed by atoms with Gasteiger partial charge in [-0.15, -0.1) is 0 Å². The number of aromatic amines is 3. The van der Waals surface area contributed by atoms with Crippen molar-refractivity contribution in [3.05, 3.63) is 36.6 Å². The Kier molecular flexibility index (Phi) is 1.94. The third kappa shape index (κ3) is 1.22. The molecule has 3 N–H and O–H groups in total. The molecule has 0 saturated carbocycles. The molecule has 2 aromatic rings. The van der Waals surface area contributed by atoms with Gasteiger partial charge in [-0.05, 0) is 4.92 Å². The number of nitro groups is 1. The van der Waals surface area contributed by atoms with Gasteiger partial charge >= 0.3 is 11.5 Å². The number of nitrogens with one attached hydrogen (secondary N) is 3. The topological polar surface area (TPSA) is 142 Å². The van der Waals surface area contributed by atoms with Crippen molar-refractivity contribution in [2.45, 2.75) is 0 Å². The van der Waals surface area contributed by atoms with Crippen LogP contribution in [0, 0.1) is 10.1 Å². The Hall–Kier alpha value is -2.71. The predicted octanol–water partition coefficient (Wildman–Crippen LogP) is -0.735. The number of hydrogen-bond acceptors (Lipinski definition) is 5. The van der Waals surface area contributed by atoms with Crippen LogP contribution in [-0.4, -0.2) is 26.2 Å². The molecule has 9 nitrogen and oxygen atoms in total. The summed E-state index contributed by atoms with van der Waals surface area (Å²) in [6.45, 7) is 0. The van der Waals surface area contributed by atoms with Crippen LogP contribution in [-0.2, 0) is 0 Å². The zero-order valence-electron chi connectivity index (χ0n) is 7.57. The second kappa shape index (κ2) is 3.15. The van der Waals surface area contributed by atoms with Gasteiger partial charge in [-0.3, -0.25) is 19.6 Å². The van der Waals surface area contributed by atoms with Crippen molar-refractivity contribution < 1.29 is 9.72 Å². The van der Waals surface area contributed by atoms with E-state index in [4.69, 9.17) is 0 Å². The van der Waals surface area contributed by atoms with Crippen molar-refractivity contribution in [2.75, 3.05) is 0 Å². The van der Waals surface area contributed by atoms with E-state index in [1.54, 1.807) is 0 Å². The van der Waals surface area contributed by atoms with Gasteiger partial charge in [0.25, 0.3) is 5.56 Å². The summed E-state index contributed by atoms with van der Waals surface area (Å²) in [6, 6.07) is 0. The summed E-state index contributed by atoms with van der Waals surface area (Å²) in [5.41, 5.74) is -2.28. The van der Waals surface area contributed by atoms with Crippen molar-refractivity contribution in [3.63, 3.8) is 0 Å². The minimum Gasteiger partial charge on any atom is -0.358 e. The van der Waals surface area contributed by atoms with Gasteiger partial charge in [-0.2, -0.15) is 0 Å². The first-order valence-electron chi connectivity index (χ1n) is 4.02. The van der Waals surface area contributed by atoms with Gasteiger partial charge in [0.2, 0.25) is 0 Å². The summed E-state index contributed by atoms with van der Waals surface area (Å²) in [4.78, 5) is 48.7. The van der Waals surface area contributed by atoms with E-state index in [9.17, 15) is 24.5 Å². The maximum atomic E-state index is 11.3. The van der Waals surface area contributed by atoms with Crippen molar-refractivity contribution in [1.82, 2.24) is 15.0 Å². The molecule has 0 atom stereocenters. The van der Waals surface area contributed by atoms with Crippen LogP contribution in [0.3, 0.4) is 0 Å². The van der Waals surface area contributed by atoms with E-state index in [-0.39, 0.29) is 22.9 Å². The third-order valence-corrected chi connectivity index (χ3v) is 2.00. The molecule has 0 spiro atoms. The first-order valence-corrected chi connectivity index (χ1v) is 4.02. The van der Waals surface area contributed by atoms with Gasteiger partial charge in [0.05, 0.1) is 0 Å². The average molecular weight is 224 g/mol. The number of carbonyl (C=O) groups is 1. The molecule has 2 aromatic heterocycles. The summed E-state index contributed by atoms with van der Waals surface area (Å²) in [5.74, 6) is -0.597. The molecule has 0 bridgehead atoms. The molecular formula is C7H4N4O5. The molecule has 0 aromatic carbocycles. The fraction of sp³-hybridized carbons (Fsp3) is 0. The van der Waals surface area contributed by atoms with Crippen molar-refractivity contribution >= 4 is 23.0 Å². The Bertz CT molecular complexity index is 706. The van der Waals surface area contributed by atoms with Gasteiger partial charge in [0, 0.05) is 0 Å². The highest BCUT2D eigenvalue weighted by molar-refractivity contribution is 5.99. The molecule has 0 saturated heterocycles. The van der Waals surface area contributed by atoms with Crippen molar-refractivity contribution in [3.8, 4) is 0 Å². The maximum Gasteiger partial charge on any atom is 0.346 e. The molecule has 2 heterocycles. The summed E-state index contributed by atoms with van der Waals surface area (Å²) >= 11 is 0. The maximum absolute atomic E-state index is 11.3. The molecule has 0 aliphatic heterocycles. The Morgan fingerprint density at radius 3 is 2.44 bits per heavy atom. The van der Waals surface area contributed by atoms with Crippen LogP contribution in [0.25, 0.3) is 10.9 Å². The average Bonchev–Trinajstić information content (AvgIpc) is 2.56.